The lowest BCUT2D eigenvalue weighted by molar-refractivity contribution is 0.122. The first-order chi connectivity index (χ1) is 8.72. The molecule has 6 heteroatoms. The van der Waals surface area contributed by atoms with Crippen LogP contribution in [0, 0.1) is 0 Å². The van der Waals surface area contributed by atoms with Gasteiger partial charge in [-0.15, -0.1) is 0 Å². The number of nitrogens with zero attached hydrogens (tertiary/aromatic N) is 4. The molecule has 0 atom stereocenters. The molecule has 0 saturated carbocycles. The lowest BCUT2D eigenvalue weighted by Gasteiger charge is -2.00. The smallest absolute Gasteiger partial charge is 0.257 e. The van der Waals surface area contributed by atoms with E-state index in [2.05, 4.69) is 10.2 Å². The van der Waals surface area contributed by atoms with Gasteiger partial charge in [-0.3, -0.25) is 4.68 Å². The Hall–Kier alpha value is -2.24. The Balaban J connectivity index is 1.95. The third-order valence-corrected chi connectivity index (χ3v) is 2.69. The van der Waals surface area contributed by atoms with Crippen molar-refractivity contribution in [3.8, 4) is 11.1 Å². The summed E-state index contributed by atoms with van der Waals surface area (Å²) in [6.45, 7) is -0.385. The van der Waals surface area contributed by atoms with E-state index >= 15 is 0 Å². The SMILES string of the molecule is FC(F)Cn1cc(-c2ccc3ccnn3c2)cn1. The number of halogens is 2. The van der Waals surface area contributed by atoms with Gasteiger partial charge in [0.2, 0.25) is 0 Å². The van der Waals surface area contributed by atoms with Gasteiger partial charge < -0.3 is 0 Å². The van der Waals surface area contributed by atoms with Crippen LogP contribution in [0.3, 0.4) is 0 Å². The molecule has 3 heterocycles. The molecule has 3 rings (SSSR count). The average molecular weight is 248 g/mol. The number of pyridine rings is 1. The van der Waals surface area contributed by atoms with E-state index in [1.165, 1.54) is 4.68 Å². The predicted octanol–water partition coefficient (Wildman–Crippen LogP) is 2.46. The van der Waals surface area contributed by atoms with Crippen LogP contribution >= 0.6 is 0 Å². The summed E-state index contributed by atoms with van der Waals surface area (Å²) in [7, 11) is 0. The van der Waals surface area contributed by atoms with Gasteiger partial charge in [0.25, 0.3) is 6.43 Å². The van der Waals surface area contributed by atoms with Gasteiger partial charge in [-0.25, -0.2) is 13.3 Å². The van der Waals surface area contributed by atoms with E-state index in [-0.39, 0.29) is 6.54 Å². The fourth-order valence-electron chi connectivity index (χ4n) is 1.84. The van der Waals surface area contributed by atoms with E-state index < -0.39 is 6.43 Å². The van der Waals surface area contributed by atoms with Crippen LogP contribution in [-0.2, 0) is 6.54 Å². The first-order valence-corrected chi connectivity index (χ1v) is 5.47. The van der Waals surface area contributed by atoms with Gasteiger partial charge in [-0.1, -0.05) is 6.07 Å². The largest absolute Gasteiger partial charge is 0.266 e. The maximum absolute atomic E-state index is 12.2. The highest BCUT2D eigenvalue weighted by molar-refractivity contribution is 5.63. The highest BCUT2D eigenvalue weighted by atomic mass is 19.3. The Labute approximate surface area is 101 Å². The normalized spacial score (nSPS) is 11.5. The van der Waals surface area contributed by atoms with Crippen LogP contribution in [0.4, 0.5) is 8.78 Å². The van der Waals surface area contributed by atoms with Gasteiger partial charge in [-0.05, 0) is 12.1 Å². The molecule has 18 heavy (non-hydrogen) atoms. The summed E-state index contributed by atoms with van der Waals surface area (Å²) in [5, 5.41) is 8.04. The Bertz CT molecular complexity index is 671. The quantitative estimate of drug-likeness (QED) is 0.713. The summed E-state index contributed by atoms with van der Waals surface area (Å²) in [4.78, 5) is 0. The number of fused-ring (bicyclic) bond motifs is 1. The van der Waals surface area contributed by atoms with Crippen molar-refractivity contribution < 1.29 is 8.78 Å². The molecule has 0 saturated heterocycles. The molecule has 3 aromatic heterocycles. The molecular weight excluding hydrogens is 238 g/mol. The van der Waals surface area contributed by atoms with E-state index in [1.807, 2.05) is 24.4 Å². The van der Waals surface area contributed by atoms with E-state index in [9.17, 15) is 8.78 Å². The maximum atomic E-state index is 12.2. The second-order valence-corrected chi connectivity index (χ2v) is 3.96. The molecule has 0 N–H and O–H groups in total. The first-order valence-electron chi connectivity index (χ1n) is 5.47. The topological polar surface area (TPSA) is 35.1 Å². The molecule has 0 amide bonds. The van der Waals surface area contributed by atoms with Crippen molar-refractivity contribution in [3.05, 3.63) is 43.0 Å². The van der Waals surface area contributed by atoms with Gasteiger partial charge >= 0.3 is 0 Å². The number of hydrogen-bond donors (Lipinski definition) is 0. The van der Waals surface area contributed by atoms with Crippen molar-refractivity contribution in [3.63, 3.8) is 0 Å². The molecule has 3 aromatic rings. The van der Waals surface area contributed by atoms with E-state index in [0.717, 1.165) is 16.6 Å². The predicted molar refractivity (Wildman–Crippen MR) is 62.4 cm³/mol. The molecule has 0 radical (unpaired) electrons. The minimum atomic E-state index is -2.40. The van der Waals surface area contributed by atoms with Crippen molar-refractivity contribution in [2.75, 3.05) is 0 Å². The Kier molecular flexibility index (Phi) is 2.55. The fraction of sp³-hybridized carbons (Fsp3) is 0.167. The second kappa shape index (κ2) is 4.21. The molecule has 0 aliphatic rings. The van der Waals surface area contributed by atoms with Gasteiger partial charge in [0, 0.05) is 29.7 Å². The van der Waals surface area contributed by atoms with Gasteiger partial charge in [0.05, 0.1) is 11.7 Å². The fourth-order valence-corrected chi connectivity index (χ4v) is 1.84. The molecule has 0 unspecified atom stereocenters. The second-order valence-electron chi connectivity index (χ2n) is 3.96. The summed E-state index contributed by atoms with van der Waals surface area (Å²) in [5.41, 5.74) is 2.68. The van der Waals surface area contributed by atoms with Crippen molar-refractivity contribution >= 4 is 5.52 Å². The van der Waals surface area contributed by atoms with Gasteiger partial charge in [-0.2, -0.15) is 10.2 Å². The summed E-state index contributed by atoms with van der Waals surface area (Å²) in [6.07, 6.45) is 4.34. The number of alkyl halides is 2. The van der Waals surface area contributed by atoms with Crippen LogP contribution in [0.15, 0.2) is 43.0 Å². The Morgan fingerprint density at radius 1 is 1.06 bits per heavy atom. The third kappa shape index (κ3) is 1.97. The molecule has 0 fully saturated rings. The van der Waals surface area contributed by atoms with Gasteiger partial charge in [0.1, 0.15) is 6.54 Å². The molecule has 0 aliphatic carbocycles. The lowest BCUT2D eigenvalue weighted by Crippen LogP contribution is -2.06. The standard InChI is InChI=1S/C12H10F2N4/c13-12(14)8-17-6-10(5-16-17)9-1-2-11-3-4-15-18(11)7-9/h1-7,12H,8H2. The number of hydrogen-bond acceptors (Lipinski definition) is 2. The number of aromatic nitrogens is 4. The highest BCUT2D eigenvalue weighted by Gasteiger charge is 2.07. The molecule has 0 spiro atoms. The summed E-state index contributed by atoms with van der Waals surface area (Å²) < 4.78 is 27.4. The zero-order valence-corrected chi connectivity index (χ0v) is 9.37. The van der Waals surface area contributed by atoms with E-state index in [0.29, 0.717) is 0 Å². The number of rotatable bonds is 3. The van der Waals surface area contributed by atoms with Crippen molar-refractivity contribution in [2.24, 2.45) is 0 Å². The minimum absolute atomic E-state index is 0.385. The van der Waals surface area contributed by atoms with Crippen LogP contribution in [0.2, 0.25) is 0 Å². The molecule has 92 valence electrons. The van der Waals surface area contributed by atoms with E-state index in [1.54, 1.807) is 23.1 Å². The molecule has 0 bridgehead atoms. The molecule has 0 aromatic carbocycles. The Morgan fingerprint density at radius 2 is 1.94 bits per heavy atom. The zero-order chi connectivity index (χ0) is 12.5. The van der Waals surface area contributed by atoms with Crippen molar-refractivity contribution in [1.82, 2.24) is 19.4 Å². The minimum Gasteiger partial charge on any atom is -0.266 e. The highest BCUT2D eigenvalue weighted by Crippen LogP contribution is 2.19. The van der Waals surface area contributed by atoms with Crippen LogP contribution in [0.25, 0.3) is 16.6 Å². The third-order valence-electron chi connectivity index (χ3n) is 2.69. The van der Waals surface area contributed by atoms with E-state index in [4.69, 9.17) is 0 Å². The van der Waals surface area contributed by atoms with Crippen molar-refractivity contribution in [2.45, 2.75) is 13.0 Å². The molecule has 0 aliphatic heterocycles. The summed E-state index contributed by atoms with van der Waals surface area (Å²) in [5.74, 6) is 0. The van der Waals surface area contributed by atoms with Crippen LogP contribution in [-0.4, -0.2) is 25.8 Å². The molecular formula is C12H10F2N4. The monoisotopic (exact) mass is 248 g/mol. The molecule has 4 nitrogen and oxygen atoms in total. The Morgan fingerprint density at radius 3 is 2.78 bits per heavy atom. The summed E-state index contributed by atoms with van der Waals surface area (Å²) in [6, 6.07) is 5.73. The van der Waals surface area contributed by atoms with Gasteiger partial charge in [0.15, 0.2) is 0 Å². The van der Waals surface area contributed by atoms with Crippen molar-refractivity contribution in [1.29, 1.82) is 0 Å². The van der Waals surface area contributed by atoms with Crippen LogP contribution in [0.5, 0.6) is 0 Å². The maximum Gasteiger partial charge on any atom is 0.257 e. The van der Waals surface area contributed by atoms with Crippen LogP contribution < -0.4 is 0 Å². The summed E-state index contributed by atoms with van der Waals surface area (Å²) >= 11 is 0. The average Bonchev–Trinajstić information content (AvgIpc) is 2.95. The first kappa shape index (κ1) is 10.9. The lowest BCUT2D eigenvalue weighted by atomic mass is 10.1. The zero-order valence-electron chi connectivity index (χ0n) is 9.37. The van der Waals surface area contributed by atoms with Crippen LogP contribution in [0.1, 0.15) is 0 Å².